The second kappa shape index (κ2) is 14.0. The Morgan fingerprint density at radius 1 is 1.05 bits per heavy atom. The van der Waals surface area contributed by atoms with E-state index >= 15 is 0 Å². The first-order valence-corrected chi connectivity index (χ1v) is 13.2. The number of likely N-dealkylation sites (tertiary alicyclic amines) is 1. The third kappa shape index (κ3) is 10.2. The van der Waals surface area contributed by atoms with Gasteiger partial charge in [0.1, 0.15) is 0 Å². The summed E-state index contributed by atoms with van der Waals surface area (Å²) in [6.45, 7) is 2.74. The summed E-state index contributed by atoms with van der Waals surface area (Å²) in [5, 5.41) is 9.29. The molecule has 4 atom stereocenters. The molecule has 0 aromatic heterocycles. The highest BCUT2D eigenvalue weighted by molar-refractivity contribution is 5.67. The van der Waals surface area contributed by atoms with E-state index in [2.05, 4.69) is 11.8 Å². The molecule has 0 spiro atoms. The molecule has 1 N–H and O–H groups in total. The molecule has 4 nitrogen and oxygen atoms in total. The standard InChI is InChI=1S/C30H33F6NO3/c1-21(19-40-20-22-5-3-2-4-6-22)7-12-26(13-15-29(31,32)33)37-16-14-23(18-28(38)39)17-27(37)24-8-10-25(11-9-24)30(34,35)36/h2-6,8-11,21,23,26-27H,13-20H2,1H3,(H,38,39)/t21-,23-,26-,27+/m1/s1. The molecule has 2 aromatic carbocycles. The molecule has 1 aliphatic rings. The lowest BCUT2D eigenvalue weighted by Gasteiger charge is -2.42. The Labute approximate surface area is 230 Å². The van der Waals surface area contributed by atoms with Crippen molar-refractivity contribution in [3.8, 4) is 11.8 Å². The number of hydrogen-bond acceptors (Lipinski definition) is 3. The predicted molar refractivity (Wildman–Crippen MR) is 138 cm³/mol. The fourth-order valence-corrected chi connectivity index (χ4v) is 4.91. The molecule has 0 aliphatic carbocycles. The molecule has 3 rings (SSSR count). The number of nitrogens with zero attached hydrogens (tertiary/aromatic N) is 1. The highest BCUT2D eigenvalue weighted by Crippen LogP contribution is 2.39. The molecule has 218 valence electrons. The number of piperidine rings is 1. The molecule has 0 unspecified atom stereocenters. The zero-order chi connectivity index (χ0) is 29.3. The first-order valence-electron chi connectivity index (χ1n) is 13.2. The average Bonchev–Trinajstić information content (AvgIpc) is 2.88. The molecule has 1 saturated heterocycles. The van der Waals surface area contributed by atoms with Gasteiger partial charge in [-0.15, -0.1) is 0 Å². The number of hydrogen-bond donors (Lipinski definition) is 1. The van der Waals surface area contributed by atoms with E-state index in [0.717, 1.165) is 17.7 Å². The number of aliphatic carboxylic acids is 1. The second-order valence-electron chi connectivity index (χ2n) is 10.2. The van der Waals surface area contributed by atoms with Gasteiger partial charge in [0.2, 0.25) is 0 Å². The topological polar surface area (TPSA) is 49.8 Å². The summed E-state index contributed by atoms with van der Waals surface area (Å²) in [5.41, 5.74) is 0.633. The van der Waals surface area contributed by atoms with Crippen LogP contribution in [0, 0.1) is 23.7 Å². The number of alkyl halides is 6. The molecule has 1 aliphatic heterocycles. The number of benzene rings is 2. The van der Waals surface area contributed by atoms with Crippen molar-refractivity contribution in [2.45, 2.75) is 70.1 Å². The predicted octanol–water partition coefficient (Wildman–Crippen LogP) is 7.50. The van der Waals surface area contributed by atoms with Crippen LogP contribution in [0.4, 0.5) is 26.3 Å². The zero-order valence-electron chi connectivity index (χ0n) is 22.1. The van der Waals surface area contributed by atoms with Crippen LogP contribution in [0.15, 0.2) is 54.6 Å². The summed E-state index contributed by atoms with van der Waals surface area (Å²) in [7, 11) is 0. The molecule has 0 bridgehead atoms. The summed E-state index contributed by atoms with van der Waals surface area (Å²) >= 11 is 0. The maximum atomic E-state index is 13.2. The Morgan fingerprint density at radius 3 is 2.33 bits per heavy atom. The summed E-state index contributed by atoms with van der Waals surface area (Å²) in [6.07, 6.45) is -9.72. The Morgan fingerprint density at radius 2 is 1.73 bits per heavy atom. The molecule has 0 amide bonds. The number of rotatable bonds is 10. The SMILES string of the molecule is C[C@H](C#C[C@H](CCC(F)(F)F)N1CC[C@@H](CC(=O)O)C[C@H]1c1ccc(C(F)(F)F)cc1)COCc1ccccc1. The molecule has 0 saturated carbocycles. The summed E-state index contributed by atoms with van der Waals surface area (Å²) < 4.78 is 84.8. The summed E-state index contributed by atoms with van der Waals surface area (Å²) in [6, 6.07) is 12.6. The van der Waals surface area contributed by atoms with Gasteiger partial charge in [0.25, 0.3) is 0 Å². The molecule has 2 aromatic rings. The molecule has 0 radical (unpaired) electrons. The van der Waals surface area contributed by atoms with Crippen molar-refractivity contribution in [1.29, 1.82) is 0 Å². The van der Waals surface area contributed by atoms with Gasteiger partial charge in [0, 0.05) is 31.3 Å². The van der Waals surface area contributed by atoms with Gasteiger partial charge in [-0.1, -0.05) is 54.3 Å². The number of carboxylic acids is 1. The van der Waals surface area contributed by atoms with Crippen molar-refractivity contribution < 1.29 is 41.0 Å². The van der Waals surface area contributed by atoms with E-state index < -0.39 is 42.4 Å². The van der Waals surface area contributed by atoms with Crippen LogP contribution < -0.4 is 0 Å². The van der Waals surface area contributed by atoms with Crippen molar-refractivity contribution >= 4 is 5.97 Å². The van der Waals surface area contributed by atoms with Crippen molar-refractivity contribution in [1.82, 2.24) is 4.90 Å². The monoisotopic (exact) mass is 569 g/mol. The first-order chi connectivity index (χ1) is 18.8. The molecular weight excluding hydrogens is 536 g/mol. The number of carboxylic acid groups (broad SMARTS) is 1. The van der Waals surface area contributed by atoms with Gasteiger partial charge < -0.3 is 9.84 Å². The maximum absolute atomic E-state index is 13.2. The Hall–Kier alpha value is -3.03. The zero-order valence-corrected chi connectivity index (χ0v) is 22.1. The maximum Gasteiger partial charge on any atom is 0.416 e. The van der Waals surface area contributed by atoms with Crippen LogP contribution in [0.2, 0.25) is 0 Å². The van der Waals surface area contributed by atoms with Gasteiger partial charge in [0.05, 0.1) is 24.8 Å². The van der Waals surface area contributed by atoms with E-state index in [1.165, 1.54) is 12.1 Å². The Bertz CT molecular complexity index is 1140. The van der Waals surface area contributed by atoms with Crippen LogP contribution in [-0.4, -0.2) is 41.3 Å². The van der Waals surface area contributed by atoms with Gasteiger partial charge in [-0.2, -0.15) is 26.3 Å². The smallest absolute Gasteiger partial charge is 0.416 e. The van der Waals surface area contributed by atoms with Gasteiger partial charge in [-0.05, 0) is 55.4 Å². The van der Waals surface area contributed by atoms with Crippen LogP contribution in [0.5, 0.6) is 0 Å². The normalized spacial score (nSPS) is 19.9. The Kier molecular flexibility index (Phi) is 11.1. The minimum Gasteiger partial charge on any atom is -0.481 e. The minimum atomic E-state index is -4.53. The van der Waals surface area contributed by atoms with Gasteiger partial charge >= 0.3 is 18.3 Å². The Balaban J connectivity index is 1.82. The van der Waals surface area contributed by atoms with E-state index in [0.29, 0.717) is 18.6 Å². The van der Waals surface area contributed by atoms with Crippen molar-refractivity contribution in [3.05, 3.63) is 71.3 Å². The van der Waals surface area contributed by atoms with Gasteiger partial charge in [-0.25, -0.2) is 0 Å². The van der Waals surface area contributed by atoms with Gasteiger partial charge in [-0.3, -0.25) is 9.69 Å². The average molecular weight is 570 g/mol. The third-order valence-electron chi connectivity index (χ3n) is 6.92. The van der Waals surface area contributed by atoms with Crippen LogP contribution in [0.1, 0.15) is 61.8 Å². The fraction of sp³-hybridized carbons (Fsp3) is 0.500. The van der Waals surface area contributed by atoms with Crippen LogP contribution in [0.25, 0.3) is 0 Å². The number of halogens is 6. The molecular formula is C30H33F6NO3. The number of ether oxygens (including phenoxy) is 1. The lowest BCUT2D eigenvalue weighted by atomic mass is 9.83. The molecule has 1 fully saturated rings. The van der Waals surface area contributed by atoms with E-state index in [9.17, 15) is 36.2 Å². The van der Waals surface area contributed by atoms with Gasteiger partial charge in [0.15, 0.2) is 0 Å². The van der Waals surface area contributed by atoms with Crippen molar-refractivity contribution in [3.63, 3.8) is 0 Å². The van der Waals surface area contributed by atoms with Crippen LogP contribution in [-0.2, 0) is 22.3 Å². The first kappa shape index (κ1) is 31.5. The van der Waals surface area contributed by atoms with E-state index in [1.807, 2.05) is 37.3 Å². The van der Waals surface area contributed by atoms with E-state index in [4.69, 9.17) is 4.74 Å². The summed E-state index contributed by atoms with van der Waals surface area (Å²) in [5.74, 6) is 4.49. The molecule has 40 heavy (non-hydrogen) atoms. The minimum absolute atomic E-state index is 0.125. The second-order valence-corrected chi connectivity index (χ2v) is 10.2. The third-order valence-corrected chi connectivity index (χ3v) is 6.92. The summed E-state index contributed by atoms with van der Waals surface area (Å²) in [4.78, 5) is 13.1. The highest BCUT2D eigenvalue weighted by Gasteiger charge is 2.37. The van der Waals surface area contributed by atoms with Crippen LogP contribution in [0.3, 0.4) is 0 Å². The lowest BCUT2D eigenvalue weighted by Crippen LogP contribution is -2.44. The fourth-order valence-electron chi connectivity index (χ4n) is 4.91. The lowest BCUT2D eigenvalue weighted by molar-refractivity contribution is -0.140. The highest BCUT2D eigenvalue weighted by atomic mass is 19.4. The van der Waals surface area contributed by atoms with Crippen LogP contribution >= 0.6 is 0 Å². The van der Waals surface area contributed by atoms with E-state index in [-0.39, 0.29) is 44.2 Å². The van der Waals surface area contributed by atoms with Crippen molar-refractivity contribution in [2.24, 2.45) is 11.8 Å². The largest absolute Gasteiger partial charge is 0.481 e. The molecule has 10 heteroatoms. The van der Waals surface area contributed by atoms with E-state index in [1.54, 1.807) is 4.90 Å². The van der Waals surface area contributed by atoms with Crippen molar-refractivity contribution in [2.75, 3.05) is 13.2 Å². The molecule has 1 heterocycles. The quantitative estimate of drug-likeness (QED) is 0.238. The number of carbonyl (C=O) groups is 1.